The summed E-state index contributed by atoms with van der Waals surface area (Å²) in [5.41, 5.74) is 4.08. The van der Waals surface area contributed by atoms with Crippen molar-refractivity contribution in [3.63, 3.8) is 0 Å². The Hall–Kier alpha value is -0.360. The molecular weight excluding hydrogens is 760 g/mol. The third-order valence-electron chi connectivity index (χ3n) is 6.97. The molecule has 8 heteroatoms. The zero-order chi connectivity index (χ0) is 32.6. The zero-order valence-corrected chi connectivity index (χ0v) is 39.7. The summed E-state index contributed by atoms with van der Waals surface area (Å²) in [5, 5.41) is 0. The Bertz CT molecular complexity index is 896. The largest absolute Gasteiger partial charge is 2.00 e. The van der Waals surface area contributed by atoms with Gasteiger partial charge in [-0.2, -0.15) is 116 Å². The van der Waals surface area contributed by atoms with Crippen molar-refractivity contribution in [1.82, 2.24) is 0 Å². The summed E-state index contributed by atoms with van der Waals surface area (Å²) in [6.07, 6.45) is 24.0. The van der Waals surface area contributed by atoms with Crippen LogP contribution < -0.4 is 14.7 Å². The number of rotatable bonds is 18. The van der Waals surface area contributed by atoms with Gasteiger partial charge in [0.25, 0.3) is 0 Å². The third kappa shape index (κ3) is 43.6. The molecule has 0 fully saturated rings. The summed E-state index contributed by atoms with van der Waals surface area (Å²) >= 11 is 0. The molecule has 0 saturated carbocycles. The second-order valence-corrected chi connectivity index (χ2v) is 12.0. The van der Waals surface area contributed by atoms with Crippen molar-refractivity contribution < 1.29 is 77.7 Å². The van der Waals surface area contributed by atoms with Gasteiger partial charge in [-0.1, -0.05) is 136 Å². The van der Waals surface area contributed by atoms with Gasteiger partial charge in [-0.05, 0) is 0 Å². The second kappa shape index (κ2) is 40.1. The van der Waals surface area contributed by atoms with E-state index >= 15 is 0 Å². The molecule has 0 amide bonds. The number of unbranched alkanes of at least 4 members (excludes halogenated alkanes) is 12. The van der Waals surface area contributed by atoms with Gasteiger partial charge < -0.3 is 19.2 Å². The van der Waals surface area contributed by atoms with E-state index in [1.807, 2.05) is 36.4 Å². The maximum atomic E-state index is 8.55. The van der Waals surface area contributed by atoms with Gasteiger partial charge in [0.1, 0.15) is 0 Å². The van der Waals surface area contributed by atoms with Crippen LogP contribution in [0.15, 0.2) is 72.8 Å². The topological polar surface area (TPSA) is 86.2 Å². The van der Waals surface area contributed by atoms with Crippen LogP contribution in [0.4, 0.5) is 0 Å². The van der Waals surface area contributed by atoms with Crippen LogP contribution in [0.2, 0.25) is 0 Å². The predicted octanol–water partition coefficient (Wildman–Crippen LogP) is 9.17. The van der Waals surface area contributed by atoms with Crippen LogP contribution in [0.1, 0.15) is 134 Å². The van der Waals surface area contributed by atoms with E-state index in [0.717, 1.165) is 0 Å². The molecule has 0 aliphatic heterocycles. The molecule has 3 aromatic carbocycles. The standard InChI is InChI=1S/3C13H19.H3O4P.3Zn/c3*1-2-3-4-5-7-10-13-11-8-6-9-12-13;1-5(2,3)4;;;/h3*6,8-9,11H,2-5,7,10H2,1H3;(H3,1,2,3,4);;;/q3*-1;;3*+2/p-3. The fraction of sp³-hybridized carbons (Fsp3) is 0.538. The van der Waals surface area contributed by atoms with Crippen LogP contribution in [-0.2, 0) is 82.3 Å². The molecule has 0 spiro atoms. The summed E-state index contributed by atoms with van der Waals surface area (Å²) in [6, 6.07) is 34.7. The van der Waals surface area contributed by atoms with Crippen molar-refractivity contribution in [2.75, 3.05) is 0 Å². The molecule has 3 aromatic rings. The van der Waals surface area contributed by atoms with E-state index in [4.69, 9.17) is 19.2 Å². The molecule has 0 radical (unpaired) electrons. The third-order valence-corrected chi connectivity index (χ3v) is 6.97. The Balaban J connectivity index is -0.000000267. The predicted molar refractivity (Wildman–Crippen MR) is 181 cm³/mol. The van der Waals surface area contributed by atoms with Gasteiger partial charge in [0.05, 0.1) is 0 Å². The number of aryl methyl sites for hydroxylation is 3. The molecule has 0 atom stereocenters. The van der Waals surface area contributed by atoms with Gasteiger partial charge in [-0.25, -0.2) is 0 Å². The number of hydrogen-bond donors (Lipinski definition) is 0. The normalized spacial score (nSPS) is 9.74. The monoisotopic (exact) mass is 812 g/mol. The van der Waals surface area contributed by atoms with Crippen LogP contribution in [0.25, 0.3) is 0 Å². The van der Waals surface area contributed by atoms with Gasteiger partial charge in [0, 0.05) is 0 Å². The van der Waals surface area contributed by atoms with Gasteiger partial charge >= 0.3 is 58.4 Å². The molecule has 3 rings (SSSR count). The van der Waals surface area contributed by atoms with E-state index in [-0.39, 0.29) is 58.4 Å². The van der Waals surface area contributed by atoms with Crippen molar-refractivity contribution >= 4 is 7.82 Å². The van der Waals surface area contributed by atoms with Crippen LogP contribution in [-0.4, -0.2) is 0 Å². The van der Waals surface area contributed by atoms with Gasteiger partial charge in [0.2, 0.25) is 0 Å². The molecule has 0 aliphatic rings. The average molecular weight is 817 g/mol. The molecule has 248 valence electrons. The minimum absolute atomic E-state index is 0. The molecule has 0 aromatic heterocycles. The van der Waals surface area contributed by atoms with E-state index in [1.54, 1.807) is 0 Å². The van der Waals surface area contributed by atoms with Crippen molar-refractivity contribution in [2.45, 2.75) is 136 Å². The molecule has 0 aliphatic carbocycles. The van der Waals surface area contributed by atoms with E-state index in [0.29, 0.717) is 0 Å². The fourth-order valence-corrected chi connectivity index (χ4v) is 4.52. The Morgan fingerprint density at radius 1 is 0.447 bits per heavy atom. The molecule has 47 heavy (non-hydrogen) atoms. The molecule has 0 N–H and O–H groups in total. The van der Waals surface area contributed by atoms with E-state index in [2.05, 4.69) is 75.4 Å². The van der Waals surface area contributed by atoms with Crippen LogP contribution in [0.5, 0.6) is 0 Å². The van der Waals surface area contributed by atoms with Crippen molar-refractivity contribution in [2.24, 2.45) is 0 Å². The molecule has 0 bridgehead atoms. The summed E-state index contributed by atoms with van der Waals surface area (Å²) in [6.45, 7) is 6.76. The Labute approximate surface area is 327 Å². The summed E-state index contributed by atoms with van der Waals surface area (Å²) in [7, 11) is -5.39. The quantitative estimate of drug-likeness (QED) is 0.0555. The summed E-state index contributed by atoms with van der Waals surface area (Å²) in [4.78, 5) is 25.6. The summed E-state index contributed by atoms with van der Waals surface area (Å²) in [5.74, 6) is 0. The molecule has 4 nitrogen and oxygen atoms in total. The van der Waals surface area contributed by atoms with Gasteiger partial charge in [-0.15, -0.1) is 0 Å². The zero-order valence-electron chi connectivity index (χ0n) is 29.9. The first-order chi connectivity index (χ1) is 21.3. The first-order valence-corrected chi connectivity index (χ1v) is 18.4. The number of hydrogen-bond acceptors (Lipinski definition) is 4. The maximum Gasteiger partial charge on any atom is 2.00 e. The Kier molecular flexibility index (Phi) is 45.6. The average Bonchev–Trinajstić information content (AvgIpc) is 3.02. The van der Waals surface area contributed by atoms with Crippen LogP contribution in [0.3, 0.4) is 0 Å². The van der Waals surface area contributed by atoms with E-state index < -0.39 is 7.82 Å². The first kappa shape index (κ1) is 53.4. The Morgan fingerprint density at radius 2 is 0.681 bits per heavy atom. The second-order valence-electron chi connectivity index (χ2n) is 11.1. The van der Waals surface area contributed by atoms with Crippen LogP contribution >= 0.6 is 7.82 Å². The summed E-state index contributed by atoms with van der Waals surface area (Å²) < 4.78 is 8.55. The fourth-order valence-electron chi connectivity index (χ4n) is 4.52. The smallest absolute Gasteiger partial charge is 0.822 e. The van der Waals surface area contributed by atoms with Gasteiger partial charge in [0.15, 0.2) is 0 Å². The number of benzene rings is 3. The minimum atomic E-state index is -5.39. The minimum Gasteiger partial charge on any atom is -0.822 e. The van der Waals surface area contributed by atoms with Crippen molar-refractivity contribution in [3.05, 3.63) is 108 Å². The van der Waals surface area contributed by atoms with E-state index in [1.165, 1.54) is 132 Å². The SMILES string of the molecule is CCCCCCCc1[c-]cccc1.CCCCCCCc1[c-]cccc1.CCCCCCCc1[c-]cccc1.O=P([O-])([O-])[O-].[Zn+2].[Zn+2].[Zn+2]. The molecule has 0 heterocycles. The van der Waals surface area contributed by atoms with Crippen LogP contribution in [0, 0.1) is 18.2 Å². The molecule has 0 saturated heterocycles. The first-order valence-electron chi connectivity index (χ1n) is 16.9. The number of phosphoric acid groups is 1. The van der Waals surface area contributed by atoms with Crippen molar-refractivity contribution in [3.8, 4) is 0 Å². The van der Waals surface area contributed by atoms with Crippen molar-refractivity contribution in [1.29, 1.82) is 0 Å². The maximum absolute atomic E-state index is 8.55. The van der Waals surface area contributed by atoms with E-state index in [9.17, 15) is 0 Å². The van der Waals surface area contributed by atoms with Gasteiger partial charge in [-0.3, -0.25) is 0 Å². The molecular formula is C39H57O4PZn3. The molecule has 0 unspecified atom stereocenters. The Morgan fingerprint density at radius 3 is 0.872 bits per heavy atom.